The summed E-state index contributed by atoms with van der Waals surface area (Å²) in [5.74, 6) is 1.82. The van der Waals surface area contributed by atoms with Crippen LogP contribution >= 0.6 is 0 Å². The molecule has 0 radical (unpaired) electrons. The highest BCUT2D eigenvalue weighted by atomic mass is 16.1. The van der Waals surface area contributed by atoms with Crippen molar-refractivity contribution in [1.82, 2.24) is 10.3 Å². The zero-order valence-electron chi connectivity index (χ0n) is 13.6. The number of carbonyl (C=O) groups is 1. The average molecular weight is 309 g/mol. The summed E-state index contributed by atoms with van der Waals surface area (Å²) < 4.78 is 0. The van der Waals surface area contributed by atoms with Crippen LogP contribution in [0.2, 0.25) is 0 Å². The van der Waals surface area contributed by atoms with Gasteiger partial charge >= 0.3 is 0 Å². The standard InChI is InChI=1S/C19H23N3O/c1-22(11-10-13-6-7-13)18-12-16(19(23)20-14-8-9-14)15-4-2-3-5-17(15)21-18/h2-5,12-14H,6-11H2,1H3,(H,20,23). The number of nitrogens with one attached hydrogen (secondary N) is 1. The largest absolute Gasteiger partial charge is 0.360 e. The summed E-state index contributed by atoms with van der Waals surface area (Å²) in [7, 11) is 2.07. The van der Waals surface area contributed by atoms with Crippen molar-refractivity contribution in [2.75, 3.05) is 18.5 Å². The van der Waals surface area contributed by atoms with E-state index in [2.05, 4.69) is 17.3 Å². The fourth-order valence-electron chi connectivity index (χ4n) is 2.93. The van der Waals surface area contributed by atoms with Crippen LogP contribution in [0.25, 0.3) is 10.9 Å². The molecule has 0 saturated heterocycles. The molecule has 1 aromatic carbocycles. The third-order valence-electron chi connectivity index (χ3n) is 4.82. The van der Waals surface area contributed by atoms with Gasteiger partial charge in [-0.25, -0.2) is 4.98 Å². The van der Waals surface area contributed by atoms with E-state index in [0.29, 0.717) is 6.04 Å². The predicted octanol–water partition coefficient (Wildman–Crippen LogP) is 3.36. The van der Waals surface area contributed by atoms with Crippen LogP contribution in [0.1, 0.15) is 42.5 Å². The molecule has 0 spiro atoms. The SMILES string of the molecule is CN(CCC1CC1)c1cc(C(=O)NC2CC2)c2ccccc2n1. The lowest BCUT2D eigenvalue weighted by molar-refractivity contribution is 0.0952. The van der Waals surface area contributed by atoms with Crippen molar-refractivity contribution in [1.29, 1.82) is 0 Å². The number of nitrogens with zero attached hydrogens (tertiary/aromatic N) is 2. The first-order valence-corrected chi connectivity index (χ1v) is 8.62. The van der Waals surface area contributed by atoms with E-state index in [4.69, 9.17) is 4.98 Å². The van der Waals surface area contributed by atoms with E-state index in [-0.39, 0.29) is 5.91 Å². The van der Waals surface area contributed by atoms with Gasteiger partial charge in [0.15, 0.2) is 0 Å². The monoisotopic (exact) mass is 309 g/mol. The van der Waals surface area contributed by atoms with Crippen molar-refractivity contribution in [2.24, 2.45) is 5.92 Å². The molecule has 120 valence electrons. The predicted molar refractivity (Wildman–Crippen MR) is 92.8 cm³/mol. The molecule has 2 saturated carbocycles. The number of para-hydroxylation sites is 1. The Hall–Kier alpha value is -2.10. The number of rotatable bonds is 6. The molecule has 1 aromatic heterocycles. The molecule has 0 atom stereocenters. The Balaban J connectivity index is 1.65. The number of amides is 1. The Morgan fingerprint density at radius 1 is 1.26 bits per heavy atom. The highest BCUT2D eigenvalue weighted by Gasteiger charge is 2.25. The van der Waals surface area contributed by atoms with Crippen LogP contribution in [0.5, 0.6) is 0 Å². The maximum Gasteiger partial charge on any atom is 0.252 e. The Morgan fingerprint density at radius 2 is 2.04 bits per heavy atom. The van der Waals surface area contributed by atoms with Crippen molar-refractivity contribution in [3.63, 3.8) is 0 Å². The Bertz CT molecular complexity index is 734. The van der Waals surface area contributed by atoms with Gasteiger partial charge in [-0.15, -0.1) is 0 Å². The smallest absolute Gasteiger partial charge is 0.252 e. The zero-order valence-corrected chi connectivity index (χ0v) is 13.6. The second-order valence-electron chi connectivity index (χ2n) is 6.95. The molecule has 2 fully saturated rings. The molecule has 4 rings (SSSR count). The lowest BCUT2D eigenvalue weighted by atomic mass is 10.1. The zero-order chi connectivity index (χ0) is 15.8. The molecule has 4 nitrogen and oxygen atoms in total. The molecule has 0 unspecified atom stereocenters. The highest BCUT2D eigenvalue weighted by Crippen LogP contribution is 2.33. The van der Waals surface area contributed by atoms with Crippen molar-refractivity contribution in [3.05, 3.63) is 35.9 Å². The summed E-state index contributed by atoms with van der Waals surface area (Å²) in [6, 6.07) is 10.2. The second kappa shape index (κ2) is 5.84. The number of benzene rings is 1. The van der Waals surface area contributed by atoms with E-state index in [0.717, 1.165) is 47.6 Å². The van der Waals surface area contributed by atoms with E-state index in [1.807, 2.05) is 30.3 Å². The minimum absolute atomic E-state index is 0.0305. The van der Waals surface area contributed by atoms with Crippen LogP contribution in [0.4, 0.5) is 5.82 Å². The Labute approximate surface area is 136 Å². The van der Waals surface area contributed by atoms with Crippen LogP contribution in [0, 0.1) is 5.92 Å². The number of hydrogen-bond donors (Lipinski definition) is 1. The highest BCUT2D eigenvalue weighted by molar-refractivity contribution is 6.07. The summed E-state index contributed by atoms with van der Waals surface area (Å²) >= 11 is 0. The summed E-state index contributed by atoms with van der Waals surface area (Å²) in [6.07, 6.45) is 6.16. The van der Waals surface area contributed by atoms with Gasteiger partial charge in [0.1, 0.15) is 5.82 Å². The van der Waals surface area contributed by atoms with Crippen LogP contribution in [0.15, 0.2) is 30.3 Å². The molecule has 23 heavy (non-hydrogen) atoms. The second-order valence-corrected chi connectivity index (χ2v) is 6.95. The lowest BCUT2D eigenvalue weighted by Crippen LogP contribution is -2.27. The quantitative estimate of drug-likeness (QED) is 0.890. The van der Waals surface area contributed by atoms with Crippen molar-refractivity contribution in [2.45, 2.75) is 38.1 Å². The van der Waals surface area contributed by atoms with E-state index in [1.54, 1.807) is 0 Å². The van der Waals surface area contributed by atoms with Gasteiger partial charge in [-0.05, 0) is 37.3 Å². The van der Waals surface area contributed by atoms with Crippen molar-refractivity contribution in [3.8, 4) is 0 Å². The summed E-state index contributed by atoms with van der Waals surface area (Å²) in [5.41, 5.74) is 1.64. The van der Waals surface area contributed by atoms with Crippen molar-refractivity contribution < 1.29 is 4.79 Å². The van der Waals surface area contributed by atoms with Gasteiger partial charge in [0.25, 0.3) is 5.91 Å². The number of anilines is 1. The maximum absolute atomic E-state index is 12.6. The summed E-state index contributed by atoms with van der Waals surface area (Å²) in [4.78, 5) is 19.5. The van der Waals surface area contributed by atoms with Gasteiger partial charge in [-0.1, -0.05) is 31.0 Å². The molecule has 0 bridgehead atoms. The summed E-state index contributed by atoms with van der Waals surface area (Å²) in [6.45, 7) is 1.000. The molecule has 2 aliphatic rings. The van der Waals surface area contributed by atoms with Gasteiger partial charge in [0, 0.05) is 25.0 Å². The van der Waals surface area contributed by atoms with Gasteiger partial charge in [0.2, 0.25) is 0 Å². The molecular formula is C19H23N3O. The number of pyridine rings is 1. The van der Waals surface area contributed by atoms with Gasteiger partial charge < -0.3 is 10.2 Å². The molecule has 4 heteroatoms. The van der Waals surface area contributed by atoms with E-state index in [9.17, 15) is 4.79 Å². The Kier molecular flexibility index (Phi) is 3.68. The minimum Gasteiger partial charge on any atom is -0.360 e. The molecular weight excluding hydrogens is 286 g/mol. The number of fused-ring (bicyclic) bond motifs is 1. The number of hydrogen-bond acceptors (Lipinski definition) is 3. The molecule has 0 aliphatic heterocycles. The topological polar surface area (TPSA) is 45.2 Å². The first kappa shape index (κ1) is 14.5. The molecule has 1 N–H and O–H groups in total. The Morgan fingerprint density at radius 3 is 2.78 bits per heavy atom. The first-order valence-electron chi connectivity index (χ1n) is 8.62. The van der Waals surface area contributed by atoms with E-state index >= 15 is 0 Å². The molecule has 2 aromatic rings. The van der Waals surface area contributed by atoms with Gasteiger partial charge in [0.05, 0.1) is 11.1 Å². The van der Waals surface area contributed by atoms with Gasteiger partial charge in [-0.3, -0.25) is 4.79 Å². The lowest BCUT2D eigenvalue weighted by Gasteiger charge is -2.20. The normalized spacial score (nSPS) is 17.3. The third kappa shape index (κ3) is 3.31. The first-order chi connectivity index (χ1) is 11.2. The molecule has 2 aliphatic carbocycles. The van der Waals surface area contributed by atoms with Crippen LogP contribution in [-0.4, -0.2) is 30.5 Å². The van der Waals surface area contributed by atoms with E-state index < -0.39 is 0 Å². The van der Waals surface area contributed by atoms with Crippen molar-refractivity contribution >= 4 is 22.6 Å². The van der Waals surface area contributed by atoms with Gasteiger partial charge in [-0.2, -0.15) is 0 Å². The van der Waals surface area contributed by atoms with Crippen LogP contribution < -0.4 is 10.2 Å². The molecule has 1 amide bonds. The molecule has 1 heterocycles. The number of aromatic nitrogens is 1. The maximum atomic E-state index is 12.6. The average Bonchev–Trinajstić information content (AvgIpc) is 3.46. The fourth-order valence-corrected chi connectivity index (χ4v) is 2.93. The summed E-state index contributed by atoms with van der Waals surface area (Å²) in [5, 5.41) is 4.04. The fraction of sp³-hybridized carbons (Fsp3) is 0.474. The van der Waals surface area contributed by atoms with E-state index in [1.165, 1.54) is 19.3 Å². The number of carbonyl (C=O) groups excluding carboxylic acids is 1. The minimum atomic E-state index is 0.0305. The van der Waals surface area contributed by atoms with Crippen LogP contribution in [-0.2, 0) is 0 Å². The third-order valence-corrected chi connectivity index (χ3v) is 4.82. The van der Waals surface area contributed by atoms with Crippen LogP contribution in [0.3, 0.4) is 0 Å².